The van der Waals surface area contributed by atoms with Crippen molar-refractivity contribution in [3.05, 3.63) is 63.9 Å². The number of phenolic OH excluding ortho intramolecular Hbond substituents is 1. The Hall–Kier alpha value is -2.93. The SMILES string of the molecule is Cc1noc(=O)c2ccc(NCC(O)(CC3CCCCC3)CC(C)(C)c3cc(F)ccc3O)cc12. The molecule has 188 valence electrons. The van der Waals surface area contributed by atoms with Crippen molar-refractivity contribution in [3.63, 3.8) is 0 Å². The first kappa shape index (κ1) is 25.2. The van der Waals surface area contributed by atoms with E-state index in [4.69, 9.17) is 4.52 Å². The normalized spacial score (nSPS) is 16.8. The average Bonchev–Trinajstić information content (AvgIpc) is 2.82. The number of aromatic hydroxyl groups is 1. The lowest BCUT2D eigenvalue weighted by Gasteiger charge is -2.40. The number of phenols is 1. The van der Waals surface area contributed by atoms with Crippen molar-refractivity contribution in [2.24, 2.45) is 5.92 Å². The summed E-state index contributed by atoms with van der Waals surface area (Å²) < 4.78 is 18.8. The van der Waals surface area contributed by atoms with Crippen LogP contribution in [0.5, 0.6) is 5.75 Å². The fourth-order valence-electron chi connectivity index (χ4n) is 5.71. The fraction of sp³-hybridized carbons (Fsp3) is 0.500. The van der Waals surface area contributed by atoms with Gasteiger partial charge in [0, 0.05) is 23.2 Å². The molecule has 1 aromatic heterocycles. The van der Waals surface area contributed by atoms with E-state index in [1.165, 1.54) is 37.5 Å². The summed E-state index contributed by atoms with van der Waals surface area (Å²) >= 11 is 0. The quantitative estimate of drug-likeness (QED) is 0.374. The van der Waals surface area contributed by atoms with Crippen LogP contribution in [0.1, 0.15) is 70.1 Å². The molecule has 6 nitrogen and oxygen atoms in total. The highest BCUT2D eigenvalue weighted by molar-refractivity contribution is 5.86. The molecule has 1 fully saturated rings. The zero-order valence-electron chi connectivity index (χ0n) is 20.7. The summed E-state index contributed by atoms with van der Waals surface area (Å²) in [6.07, 6.45) is 6.71. The van der Waals surface area contributed by atoms with Crippen molar-refractivity contribution in [2.45, 2.75) is 76.7 Å². The molecule has 0 aliphatic heterocycles. The van der Waals surface area contributed by atoms with Crippen molar-refractivity contribution < 1.29 is 19.1 Å². The molecule has 1 aliphatic rings. The number of aliphatic hydroxyl groups is 1. The first-order valence-electron chi connectivity index (χ1n) is 12.4. The van der Waals surface area contributed by atoms with E-state index < -0.39 is 22.5 Å². The van der Waals surface area contributed by atoms with Gasteiger partial charge >= 0.3 is 5.63 Å². The molecule has 0 spiro atoms. The van der Waals surface area contributed by atoms with Gasteiger partial charge < -0.3 is 20.1 Å². The fourth-order valence-corrected chi connectivity index (χ4v) is 5.71. The number of hydrogen-bond acceptors (Lipinski definition) is 6. The maximum Gasteiger partial charge on any atom is 0.366 e. The summed E-state index contributed by atoms with van der Waals surface area (Å²) in [6, 6.07) is 9.30. The number of halogens is 1. The minimum atomic E-state index is -1.10. The van der Waals surface area contributed by atoms with Crippen LogP contribution < -0.4 is 10.9 Å². The van der Waals surface area contributed by atoms with Crippen LogP contribution in [0.2, 0.25) is 0 Å². The minimum Gasteiger partial charge on any atom is -0.508 e. The molecule has 0 bridgehead atoms. The van der Waals surface area contributed by atoms with Gasteiger partial charge in [0.15, 0.2) is 0 Å². The van der Waals surface area contributed by atoms with E-state index in [1.54, 1.807) is 19.1 Å². The molecular weight excluding hydrogens is 447 g/mol. The van der Waals surface area contributed by atoms with Gasteiger partial charge in [-0.1, -0.05) is 51.1 Å². The smallest absolute Gasteiger partial charge is 0.366 e. The predicted molar refractivity (Wildman–Crippen MR) is 135 cm³/mol. The Morgan fingerprint density at radius 1 is 1.11 bits per heavy atom. The van der Waals surface area contributed by atoms with Crippen LogP contribution in [-0.4, -0.2) is 27.5 Å². The molecule has 1 aliphatic carbocycles. The Balaban J connectivity index is 1.60. The molecule has 2 aromatic carbocycles. The van der Waals surface area contributed by atoms with Crippen molar-refractivity contribution in [3.8, 4) is 5.75 Å². The molecule has 7 heteroatoms. The molecule has 3 N–H and O–H groups in total. The highest BCUT2D eigenvalue weighted by atomic mass is 19.1. The minimum absolute atomic E-state index is 0.0284. The van der Waals surface area contributed by atoms with E-state index in [2.05, 4.69) is 10.5 Å². The Morgan fingerprint density at radius 2 is 1.86 bits per heavy atom. The van der Waals surface area contributed by atoms with E-state index in [0.717, 1.165) is 18.5 Å². The summed E-state index contributed by atoms with van der Waals surface area (Å²) in [7, 11) is 0. The van der Waals surface area contributed by atoms with Gasteiger partial charge in [-0.3, -0.25) is 0 Å². The molecule has 0 amide bonds. The topological polar surface area (TPSA) is 95.6 Å². The Kier molecular flexibility index (Phi) is 7.17. The van der Waals surface area contributed by atoms with Gasteiger partial charge in [-0.05, 0) is 67.5 Å². The summed E-state index contributed by atoms with van der Waals surface area (Å²) in [5.41, 5.74) is -0.381. The second-order valence-electron chi connectivity index (χ2n) is 10.8. The molecule has 0 radical (unpaired) electrons. The van der Waals surface area contributed by atoms with E-state index in [9.17, 15) is 19.4 Å². The van der Waals surface area contributed by atoms with Crippen LogP contribution in [0.3, 0.4) is 0 Å². The first-order valence-corrected chi connectivity index (χ1v) is 12.4. The number of rotatable bonds is 8. The summed E-state index contributed by atoms with van der Waals surface area (Å²) in [4.78, 5) is 12.0. The van der Waals surface area contributed by atoms with Crippen LogP contribution >= 0.6 is 0 Å². The van der Waals surface area contributed by atoms with Crippen LogP contribution in [-0.2, 0) is 5.41 Å². The van der Waals surface area contributed by atoms with Crippen molar-refractivity contribution in [2.75, 3.05) is 11.9 Å². The van der Waals surface area contributed by atoms with E-state index in [1.807, 2.05) is 19.9 Å². The lowest BCUT2D eigenvalue weighted by molar-refractivity contribution is -0.00242. The maximum atomic E-state index is 14.0. The summed E-state index contributed by atoms with van der Waals surface area (Å²) in [5.74, 6) is 0.0327. The second kappa shape index (κ2) is 9.97. The van der Waals surface area contributed by atoms with Gasteiger partial charge in [0.25, 0.3) is 0 Å². The van der Waals surface area contributed by atoms with Crippen molar-refractivity contribution in [1.82, 2.24) is 5.16 Å². The van der Waals surface area contributed by atoms with E-state index in [-0.39, 0.29) is 12.3 Å². The van der Waals surface area contributed by atoms with Gasteiger partial charge in [-0.25, -0.2) is 9.18 Å². The number of nitrogens with one attached hydrogen (secondary N) is 1. The van der Waals surface area contributed by atoms with Gasteiger partial charge in [-0.15, -0.1) is 0 Å². The van der Waals surface area contributed by atoms with Gasteiger partial charge in [0.1, 0.15) is 11.6 Å². The second-order valence-corrected chi connectivity index (χ2v) is 10.8. The molecule has 1 saturated carbocycles. The molecular formula is C28H35FN2O4. The predicted octanol–water partition coefficient (Wildman–Crippen LogP) is 5.82. The third-order valence-corrected chi connectivity index (χ3v) is 7.37. The van der Waals surface area contributed by atoms with Gasteiger partial charge in [0.05, 0.1) is 16.7 Å². The molecule has 0 saturated heterocycles. The van der Waals surface area contributed by atoms with Crippen molar-refractivity contribution >= 4 is 16.5 Å². The number of nitrogens with zero attached hydrogens (tertiary/aromatic N) is 1. The zero-order chi connectivity index (χ0) is 25.2. The van der Waals surface area contributed by atoms with E-state index >= 15 is 0 Å². The van der Waals surface area contributed by atoms with E-state index in [0.29, 0.717) is 40.8 Å². The maximum absolute atomic E-state index is 14.0. The number of fused-ring (bicyclic) bond motifs is 1. The van der Waals surface area contributed by atoms with Crippen LogP contribution in [0.25, 0.3) is 10.8 Å². The van der Waals surface area contributed by atoms with Crippen LogP contribution in [0.15, 0.2) is 45.7 Å². The number of hydrogen-bond donors (Lipinski definition) is 3. The standard InChI is InChI=1S/C28H35FN2O4/c1-18-23-14-21(10-11-22(23)26(33)35-31-18)30-17-28(34,15-19-7-5-4-6-8-19)16-27(2,3)24-13-20(29)9-12-25(24)32/h9-14,19,30,32,34H,4-8,15-17H2,1-3H3. The molecule has 3 aromatic rings. The number of benzene rings is 2. The molecule has 4 rings (SSSR count). The number of aryl methyl sites for hydroxylation is 1. The molecule has 1 unspecified atom stereocenters. The lowest BCUT2D eigenvalue weighted by Crippen LogP contribution is -2.44. The Labute approximate surface area is 205 Å². The summed E-state index contributed by atoms with van der Waals surface area (Å²) in [5, 5.41) is 30.8. The zero-order valence-corrected chi connectivity index (χ0v) is 20.7. The Morgan fingerprint density at radius 3 is 2.60 bits per heavy atom. The first-order chi connectivity index (χ1) is 16.6. The lowest BCUT2D eigenvalue weighted by atomic mass is 9.70. The monoisotopic (exact) mass is 482 g/mol. The average molecular weight is 483 g/mol. The molecule has 1 atom stereocenters. The highest BCUT2D eigenvalue weighted by Gasteiger charge is 2.39. The largest absolute Gasteiger partial charge is 0.508 e. The van der Waals surface area contributed by atoms with Crippen LogP contribution in [0.4, 0.5) is 10.1 Å². The third kappa shape index (κ3) is 5.84. The highest BCUT2D eigenvalue weighted by Crippen LogP contribution is 2.41. The molecule has 35 heavy (non-hydrogen) atoms. The Bertz CT molecular complexity index is 1250. The number of aromatic nitrogens is 1. The van der Waals surface area contributed by atoms with Gasteiger partial charge in [0.2, 0.25) is 0 Å². The summed E-state index contributed by atoms with van der Waals surface area (Å²) in [6.45, 7) is 5.92. The van der Waals surface area contributed by atoms with Crippen molar-refractivity contribution in [1.29, 1.82) is 0 Å². The van der Waals surface area contributed by atoms with Gasteiger partial charge in [-0.2, -0.15) is 0 Å². The number of anilines is 1. The third-order valence-electron chi connectivity index (χ3n) is 7.37. The molecule has 1 heterocycles. The van der Waals surface area contributed by atoms with Crippen LogP contribution in [0, 0.1) is 18.7 Å².